The maximum Gasteiger partial charge on any atom is 0.195 e. The van der Waals surface area contributed by atoms with E-state index in [1.54, 1.807) is 14.2 Å². The van der Waals surface area contributed by atoms with Crippen molar-refractivity contribution in [3.8, 4) is 11.5 Å². The van der Waals surface area contributed by atoms with Crippen molar-refractivity contribution in [2.75, 3.05) is 52.3 Å². The van der Waals surface area contributed by atoms with E-state index in [0.29, 0.717) is 12.4 Å². The van der Waals surface area contributed by atoms with Gasteiger partial charge in [-0.3, -0.25) is 4.99 Å². The van der Waals surface area contributed by atoms with Crippen LogP contribution in [0.25, 0.3) is 0 Å². The summed E-state index contributed by atoms with van der Waals surface area (Å²) in [5.41, 5.74) is 0.913. The van der Waals surface area contributed by atoms with Crippen LogP contribution >= 0.6 is 24.0 Å². The highest BCUT2D eigenvalue weighted by atomic mass is 127. The van der Waals surface area contributed by atoms with Gasteiger partial charge in [-0.2, -0.15) is 0 Å². The highest BCUT2D eigenvalue weighted by Gasteiger charge is 2.07. The first-order valence-corrected chi connectivity index (χ1v) is 9.19. The molecule has 0 fully saturated rings. The van der Waals surface area contributed by atoms with Crippen molar-refractivity contribution in [3.05, 3.63) is 18.2 Å². The molecule has 6 nitrogen and oxygen atoms in total. The first-order chi connectivity index (χ1) is 12.2. The summed E-state index contributed by atoms with van der Waals surface area (Å²) in [7, 11) is 3.42. The lowest BCUT2D eigenvalue weighted by Crippen LogP contribution is -2.32. The predicted molar refractivity (Wildman–Crippen MR) is 122 cm³/mol. The minimum absolute atomic E-state index is 0. The number of methoxy groups -OCH3 is 1. The van der Waals surface area contributed by atoms with Crippen molar-refractivity contribution in [3.63, 3.8) is 0 Å². The number of nitrogens with zero attached hydrogens (tertiary/aromatic N) is 2. The number of benzene rings is 1. The van der Waals surface area contributed by atoms with Gasteiger partial charge in [0, 0.05) is 25.3 Å². The van der Waals surface area contributed by atoms with Crippen molar-refractivity contribution in [2.24, 2.45) is 4.99 Å². The summed E-state index contributed by atoms with van der Waals surface area (Å²) in [5, 5.41) is 6.64. The Morgan fingerprint density at radius 3 is 2.42 bits per heavy atom. The number of rotatable bonds is 11. The summed E-state index contributed by atoms with van der Waals surface area (Å²) in [6, 6.07) is 5.78. The van der Waals surface area contributed by atoms with Gasteiger partial charge in [0.2, 0.25) is 0 Å². The third kappa shape index (κ3) is 8.93. The number of ether oxygens (including phenoxy) is 2. The third-order valence-corrected chi connectivity index (χ3v) is 4.04. The molecule has 0 heterocycles. The van der Waals surface area contributed by atoms with Crippen LogP contribution < -0.4 is 20.1 Å². The molecule has 26 heavy (non-hydrogen) atoms. The fraction of sp³-hybridized carbons (Fsp3) is 0.632. The van der Waals surface area contributed by atoms with Crippen LogP contribution in [0.1, 0.15) is 33.6 Å². The molecule has 0 radical (unpaired) electrons. The lowest BCUT2D eigenvalue weighted by atomic mass is 10.2. The Hall–Kier alpha value is -1.22. The van der Waals surface area contributed by atoms with Crippen molar-refractivity contribution in [1.82, 2.24) is 10.2 Å². The van der Waals surface area contributed by atoms with Crippen LogP contribution in [0.3, 0.4) is 0 Å². The molecular formula is C19H35IN4O2. The summed E-state index contributed by atoms with van der Waals surface area (Å²) in [5.74, 6) is 2.21. The van der Waals surface area contributed by atoms with E-state index < -0.39 is 0 Å². The molecule has 0 bridgehead atoms. The topological polar surface area (TPSA) is 58.1 Å². The minimum atomic E-state index is 0. The van der Waals surface area contributed by atoms with Gasteiger partial charge < -0.3 is 25.0 Å². The first-order valence-electron chi connectivity index (χ1n) is 9.19. The fourth-order valence-corrected chi connectivity index (χ4v) is 2.54. The van der Waals surface area contributed by atoms with Crippen LogP contribution in [0.5, 0.6) is 11.5 Å². The Morgan fingerprint density at radius 2 is 1.85 bits per heavy atom. The summed E-state index contributed by atoms with van der Waals surface area (Å²) >= 11 is 0. The van der Waals surface area contributed by atoms with E-state index in [9.17, 15) is 0 Å². The Labute approximate surface area is 175 Å². The molecule has 0 aliphatic carbocycles. The van der Waals surface area contributed by atoms with Gasteiger partial charge in [-0.05, 0) is 51.5 Å². The Morgan fingerprint density at radius 1 is 1.12 bits per heavy atom. The molecule has 0 unspecified atom stereocenters. The number of hydrogen-bond donors (Lipinski definition) is 2. The van der Waals surface area contributed by atoms with E-state index in [2.05, 4.69) is 34.4 Å². The zero-order valence-electron chi connectivity index (χ0n) is 16.8. The van der Waals surface area contributed by atoms with Gasteiger partial charge in [0.05, 0.1) is 13.7 Å². The number of halogens is 1. The molecule has 0 atom stereocenters. The molecule has 0 aromatic heterocycles. The number of anilines is 1. The molecule has 0 saturated carbocycles. The van der Waals surface area contributed by atoms with Crippen LogP contribution in [-0.2, 0) is 0 Å². The van der Waals surface area contributed by atoms with E-state index in [1.807, 2.05) is 25.1 Å². The van der Waals surface area contributed by atoms with E-state index in [4.69, 9.17) is 9.47 Å². The fourth-order valence-electron chi connectivity index (χ4n) is 2.54. The predicted octanol–water partition coefficient (Wildman–Crippen LogP) is 3.82. The standard InChI is InChI=1S/C19H34N4O2.HI/c1-6-23(7-2)14-10-9-13-21-19(20-4)22-16-11-12-17(25-8-3)18(15-16)24-5;/h11-12,15H,6-10,13-14H2,1-5H3,(H2,20,21,22);1H. The number of hydrogen-bond acceptors (Lipinski definition) is 4. The van der Waals surface area contributed by atoms with Crippen LogP contribution in [-0.4, -0.2) is 57.8 Å². The van der Waals surface area contributed by atoms with Crippen molar-refractivity contribution in [2.45, 2.75) is 33.6 Å². The summed E-state index contributed by atoms with van der Waals surface area (Å²) in [4.78, 5) is 6.72. The minimum Gasteiger partial charge on any atom is -0.493 e. The average molecular weight is 478 g/mol. The van der Waals surface area contributed by atoms with Crippen LogP contribution in [0.2, 0.25) is 0 Å². The lowest BCUT2D eigenvalue weighted by molar-refractivity contribution is 0.297. The SMILES string of the molecule is CCOc1ccc(NC(=NC)NCCCCN(CC)CC)cc1OC.I. The zero-order valence-corrected chi connectivity index (χ0v) is 19.1. The second-order valence-corrected chi connectivity index (χ2v) is 5.66. The molecule has 1 aromatic carbocycles. The third-order valence-electron chi connectivity index (χ3n) is 4.04. The monoisotopic (exact) mass is 478 g/mol. The number of nitrogens with one attached hydrogen (secondary N) is 2. The maximum absolute atomic E-state index is 5.54. The van der Waals surface area contributed by atoms with Crippen molar-refractivity contribution in [1.29, 1.82) is 0 Å². The zero-order chi connectivity index (χ0) is 18.5. The molecule has 0 amide bonds. The molecule has 1 aromatic rings. The Kier molecular flexibility index (Phi) is 14.2. The van der Waals surface area contributed by atoms with Gasteiger partial charge in [0.25, 0.3) is 0 Å². The molecule has 0 aliphatic rings. The molecule has 7 heteroatoms. The van der Waals surface area contributed by atoms with Crippen molar-refractivity contribution >= 4 is 35.6 Å². The lowest BCUT2D eigenvalue weighted by Gasteiger charge is -2.18. The summed E-state index contributed by atoms with van der Waals surface area (Å²) < 4.78 is 10.9. The van der Waals surface area contributed by atoms with E-state index in [0.717, 1.165) is 50.0 Å². The quantitative estimate of drug-likeness (QED) is 0.219. The molecule has 150 valence electrons. The second-order valence-electron chi connectivity index (χ2n) is 5.66. The van der Waals surface area contributed by atoms with E-state index in [-0.39, 0.29) is 24.0 Å². The molecule has 2 N–H and O–H groups in total. The number of guanidine groups is 1. The summed E-state index contributed by atoms with van der Waals surface area (Å²) in [6.07, 6.45) is 2.30. The normalized spacial score (nSPS) is 11.1. The highest BCUT2D eigenvalue weighted by Crippen LogP contribution is 2.30. The van der Waals surface area contributed by atoms with Crippen LogP contribution in [0.4, 0.5) is 5.69 Å². The van der Waals surface area contributed by atoms with Crippen LogP contribution in [0, 0.1) is 0 Å². The van der Waals surface area contributed by atoms with Crippen LogP contribution in [0.15, 0.2) is 23.2 Å². The van der Waals surface area contributed by atoms with Gasteiger partial charge in [0.1, 0.15) is 0 Å². The molecule has 0 spiro atoms. The maximum atomic E-state index is 5.54. The Bertz CT molecular complexity index is 522. The molecule has 0 aliphatic heterocycles. The van der Waals surface area contributed by atoms with Gasteiger partial charge in [0.15, 0.2) is 17.5 Å². The van der Waals surface area contributed by atoms with Gasteiger partial charge in [-0.25, -0.2) is 0 Å². The second kappa shape index (κ2) is 14.9. The van der Waals surface area contributed by atoms with Gasteiger partial charge in [-0.15, -0.1) is 24.0 Å². The van der Waals surface area contributed by atoms with E-state index in [1.165, 1.54) is 6.42 Å². The Balaban J connectivity index is 0.00000625. The number of aliphatic imine (C=N–C) groups is 1. The highest BCUT2D eigenvalue weighted by molar-refractivity contribution is 14.0. The largest absolute Gasteiger partial charge is 0.493 e. The summed E-state index contributed by atoms with van der Waals surface area (Å²) in [6.45, 7) is 11.3. The molecule has 1 rings (SSSR count). The van der Waals surface area contributed by atoms with Gasteiger partial charge >= 0.3 is 0 Å². The molecule has 0 saturated heterocycles. The van der Waals surface area contributed by atoms with Crippen molar-refractivity contribution < 1.29 is 9.47 Å². The van der Waals surface area contributed by atoms with E-state index >= 15 is 0 Å². The average Bonchev–Trinajstić information content (AvgIpc) is 2.64. The van der Waals surface area contributed by atoms with Gasteiger partial charge in [-0.1, -0.05) is 13.8 Å². The number of unbranched alkanes of at least 4 members (excludes halogenated alkanes) is 1. The molecular weight excluding hydrogens is 443 g/mol. The smallest absolute Gasteiger partial charge is 0.195 e. The first kappa shape index (κ1) is 24.8.